The van der Waals surface area contributed by atoms with Crippen LogP contribution in [-0.2, 0) is 4.74 Å². The van der Waals surface area contributed by atoms with Crippen LogP contribution in [0.15, 0.2) is 0 Å². The highest BCUT2D eigenvalue weighted by Crippen LogP contribution is 2.36. The number of nitrogens with zero attached hydrogens (tertiary/aromatic N) is 1. The molecule has 1 amide bonds. The van der Waals surface area contributed by atoms with Gasteiger partial charge < -0.3 is 15.0 Å². The van der Waals surface area contributed by atoms with Crippen LogP contribution in [0.4, 0.5) is 4.79 Å². The third-order valence-corrected chi connectivity index (χ3v) is 3.04. The molecule has 2 fully saturated rings. The topological polar surface area (TPSA) is 41.6 Å². The van der Waals surface area contributed by atoms with Crippen LogP contribution in [-0.4, -0.2) is 42.8 Å². The Kier molecular flexibility index (Phi) is 4.42. The van der Waals surface area contributed by atoms with Gasteiger partial charge in [-0.2, -0.15) is 0 Å². The van der Waals surface area contributed by atoms with E-state index in [4.69, 9.17) is 4.74 Å². The van der Waals surface area contributed by atoms with Crippen molar-refractivity contribution in [2.24, 2.45) is 5.41 Å². The summed E-state index contributed by atoms with van der Waals surface area (Å²) in [5.74, 6) is 0. The summed E-state index contributed by atoms with van der Waals surface area (Å²) in [6.07, 6.45) is 1.02. The van der Waals surface area contributed by atoms with Gasteiger partial charge in [0, 0.05) is 25.0 Å². The lowest BCUT2D eigenvalue weighted by atomic mass is 9.79. The molecule has 2 rings (SSSR count). The molecule has 0 unspecified atom stereocenters. The molecular formula is C13H26N2O2. The van der Waals surface area contributed by atoms with E-state index in [9.17, 15) is 4.79 Å². The third-order valence-electron chi connectivity index (χ3n) is 3.04. The van der Waals surface area contributed by atoms with E-state index in [1.54, 1.807) is 4.90 Å². The number of nitrogens with one attached hydrogen (secondary N) is 1. The number of rotatable bonds is 0. The summed E-state index contributed by atoms with van der Waals surface area (Å²) in [5, 5.41) is 3.34. The van der Waals surface area contributed by atoms with Crippen LogP contribution < -0.4 is 5.32 Å². The number of hydrogen-bond acceptors (Lipinski definition) is 3. The van der Waals surface area contributed by atoms with Gasteiger partial charge in [0.15, 0.2) is 0 Å². The van der Waals surface area contributed by atoms with Gasteiger partial charge in [0.05, 0.1) is 0 Å². The Balaban J connectivity index is 0.000000686. The number of hydrogen-bond donors (Lipinski definition) is 1. The zero-order valence-electron chi connectivity index (χ0n) is 11.8. The SMILES string of the molecule is CC.CC(C)(C)OC(=O)N1CC2(CCNC2)C1. The van der Waals surface area contributed by atoms with E-state index >= 15 is 0 Å². The zero-order valence-corrected chi connectivity index (χ0v) is 11.8. The van der Waals surface area contributed by atoms with Crippen LogP contribution >= 0.6 is 0 Å². The summed E-state index contributed by atoms with van der Waals surface area (Å²) in [5.41, 5.74) is -0.0231. The summed E-state index contributed by atoms with van der Waals surface area (Å²) in [4.78, 5) is 13.5. The van der Waals surface area contributed by atoms with Gasteiger partial charge in [-0.15, -0.1) is 0 Å². The van der Waals surface area contributed by atoms with Crippen molar-refractivity contribution in [2.75, 3.05) is 26.2 Å². The number of carbonyl (C=O) groups is 1. The predicted molar refractivity (Wildman–Crippen MR) is 69.1 cm³/mol. The summed E-state index contributed by atoms with van der Waals surface area (Å²) in [6.45, 7) is 13.5. The van der Waals surface area contributed by atoms with Crippen LogP contribution in [0.25, 0.3) is 0 Å². The molecule has 0 radical (unpaired) electrons. The fraction of sp³-hybridized carbons (Fsp3) is 0.923. The van der Waals surface area contributed by atoms with E-state index in [-0.39, 0.29) is 11.7 Å². The summed E-state index contributed by atoms with van der Waals surface area (Å²) in [7, 11) is 0. The van der Waals surface area contributed by atoms with Crippen molar-refractivity contribution in [2.45, 2.75) is 46.6 Å². The molecule has 4 heteroatoms. The fourth-order valence-corrected chi connectivity index (χ4v) is 2.28. The maximum atomic E-state index is 11.7. The quantitative estimate of drug-likeness (QED) is 0.708. The second-order valence-electron chi connectivity index (χ2n) is 5.76. The van der Waals surface area contributed by atoms with E-state index in [0.717, 1.165) is 26.2 Å². The molecule has 0 aliphatic carbocycles. The Morgan fingerprint density at radius 2 is 1.88 bits per heavy atom. The molecule has 2 heterocycles. The van der Waals surface area contributed by atoms with Crippen molar-refractivity contribution in [3.63, 3.8) is 0 Å². The maximum absolute atomic E-state index is 11.7. The van der Waals surface area contributed by atoms with Gasteiger partial charge in [0.25, 0.3) is 0 Å². The first-order valence-corrected chi connectivity index (χ1v) is 6.59. The Morgan fingerprint density at radius 3 is 2.29 bits per heavy atom. The first-order chi connectivity index (χ1) is 7.90. The normalized spacial score (nSPS) is 21.6. The molecule has 1 spiro atoms. The highest BCUT2D eigenvalue weighted by atomic mass is 16.6. The Labute approximate surface area is 105 Å². The second kappa shape index (κ2) is 5.25. The van der Waals surface area contributed by atoms with E-state index in [0.29, 0.717) is 5.41 Å². The molecule has 2 aliphatic heterocycles. The fourth-order valence-electron chi connectivity index (χ4n) is 2.28. The van der Waals surface area contributed by atoms with Gasteiger partial charge in [0.2, 0.25) is 0 Å². The summed E-state index contributed by atoms with van der Waals surface area (Å²) < 4.78 is 5.31. The van der Waals surface area contributed by atoms with E-state index < -0.39 is 0 Å². The lowest BCUT2D eigenvalue weighted by Gasteiger charge is -2.47. The third kappa shape index (κ3) is 3.60. The molecule has 0 atom stereocenters. The molecule has 2 aliphatic rings. The lowest BCUT2D eigenvalue weighted by molar-refractivity contribution is -0.0271. The molecule has 17 heavy (non-hydrogen) atoms. The second-order valence-corrected chi connectivity index (χ2v) is 5.76. The van der Waals surface area contributed by atoms with Gasteiger partial charge in [-0.05, 0) is 33.7 Å². The average Bonchev–Trinajstić information content (AvgIpc) is 2.64. The lowest BCUT2D eigenvalue weighted by Crippen LogP contribution is -2.60. The van der Waals surface area contributed by atoms with Gasteiger partial charge in [-0.3, -0.25) is 0 Å². The van der Waals surface area contributed by atoms with Crippen LogP contribution in [0, 0.1) is 5.41 Å². The first-order valence-electron chi connectivity index (χ1n) is 6.59. The number of likely N-dealkylation sites (tertiary alicyclic amines) is 1. The van der Waals surface area contributed by atoms with E-state index in [1.165, 1.54) is 6.42 Å². The molecule has 0 aromatic rings. The van der Waals surface area contributed by atoms with Crippen LogP contribution in [0.2, 0.25) is 0 Å². The van der Waals surface area contributed by atoms with Crippen LogP contribution in [0.3, 0.4) is 0 Å². The highest BCUT2D eigenvalue weighted by Gasteiger charge is 2.47. The monoisotopic (exact) mass is 242 g/mol. The molecule has 0 aromatic carbocycles. The number of amides is 1. The molecule has 100 valence electrons. The molecular weight excluding hydrogens is 216 g/mol. The van der Waals surface area contributed by atoms with E-state index in [1.807, 2.05) is 34.6 Å². The predicted octanol–water partition coefficient (Wildman–Crippen LogP) is 2.24. The minimum Gasteiger partial charge on any atom is -0.444 e. The molecule has 1 N–H and O–H groups in total. The van der Waals surface area contributed by atoms with Crippen molar-refractivity contribution in [3.05, 3.63) is 0 Å². The minimum absolute atomic E-state index is 0.167. The van der Waals surface area contributed by atoms with Crippen molar-refractivity contribution in [1.82, 2.24) is 10.2 Å². The van der Waals surface area contributed by atoms with Crippen molar-refractivity contribution < 1.29 is 9.53 Å². The summed E-state index contributed by atoms with van der Waals surface area (Å²) in [6, 6.07) is 0. The molecule has 0 bridgehead atoms. The van der Waals surface area contributed by atoms with Crippen molar-refractivity contribution >= 4 is 6.09 Å². The van der Waals surface area contributed by atoms with Crippen LogP contribution in [0.1, 0.15) is 41.0 Å². The Morgan fingerprint density at radius 1 is 1.29 bits per heavy atom. The smallest absolute Gasteiger partial charge is 0.410 e. The molecule has 2 saturated heterocycles. The average molecular weight is 242 g/mol. The van der Waals surface area contributed by atoms with Crippen molar-refractivity contribution in [3.8, 4) is 0 Å². The molecule has 4 nitrogen and oxygen atoms in total. The largest absolute Gasteiger partial charge is 0.444 e. The summed E-state index contributed by atoms with van der Waals surface area (Å²) >= 11 is 0. The maximum Gasteiger partial charge on any atom is 0.410 e. The van der Waals surface area contributed by atoms with Gasteiger partial charge in [0.1, 0.15) is 5.60 Å². The number of ether oxygens (including phenoxy) is 1. The number of carbonyl (C=O) groups excluding carboxylic acids is 1. The van der Waals surface area contributed by atoms with E-state index in [2.05, 4.69) is 5.32 Å². The Bertz CT molecular complexity index is 257. The van der Waals surface area contributed by atoms with Gasteiger partial charge >= 0.3 is 6.09 Å². The van der Waals surface area contributed by atoms with Gasteiger partial charge in [-0.1, -0.05) is 13.8 Å². The first kappa shape index (κ1) is 14.3. The molecule has 0 saturated carbocycles. The highest BCUT2D eigenvalue weighted by molar-refractivity contribution is 5.69. The molecule has 0 aromatic heterocycles. The van der Waals surface area contributed by atoms with Crippen molar-refractivity contribution in [1.29, 1.82) is 0 Å². The van der Waals surface area contributed by atoms with Crippen LogP contribution in [0.5, 0.6) is 0 Å². The zero-order chi connectivity index (χ0) is 13.1. The van der Waals surface area contributed by atoms with Gasteiger partial charge in [-0.25, -0.2) is 4.79 Å². The minimum atomic E-state index is -0.381. The standard InChI is InChI=1S/C11H20N2O2.C2H6/c1-10(2,3)15-9(14)13-7-11(8-13)4-5-12-6-11;1-2/h12H,4-8H2,1-3H3;1-2H3. The Hall–Kier alpha value is -0.770.